The zero-order valence-corrected chi connectivity index (χ0v) is 9.34. The third-order valence-electron chi connectivity index (χ3n) is 2.31. The van der Waals surface area contributed by atoms with Crippen LogP contribution >= 0.6 is 0 Å². The van der Waals surface area contributed by atoms with Gasteiger partial charge in [-0.1, -0.05) is 24.3 Å². The molecule has 0 heterocycles. The Morgan fingerprint density at radius 3 is 1.41 bits per heavy atom. The van der Waals surface area contributed by atoms with Gasteiger partial charge in [-0.3, -0.25) is 0 Å². The van der Waals surface area contributed by atoms with Crippen molar-refractivity contribution in [3.63, 3.8) is 0 Å². The number of fused-ring (bicyclic) bond motifs is 1. The summed E-state index contributed by atoms with van der Waals surface area (Å²) in [6, 6.07) is 8.68. The van der Waals surface area contributed by atoms with Gasteiger partial charge in [-0.05, 0) is 34.0 Å². The van der Waals surface area contributed by atoms with Gasteiger partial charge < -0.3 is 19.8 Å². The van der Waals surface area contributed by atoms with Crippen LogP contribution in [0.4, 0.5) is 0 Å². The van der Waals surface area contributed by atoms with Crippen molar-refractivity contribution in [2.75, 3.05) is 0 Å². The van der Waals surface area contributed by atoms with Gasteiger partial charge in [0.1, 0.15) is 0 Å². The van der Waals surface area contributed by atoms with Gasteiger partial charge >= 0.3 is 17.1 Å². The van der Waals surface area contributed by atoms with E-state index in [9.17, 15) is 19.8 Å². The van der Waals surface area contributed by atoms with E-state index in [0.717, 1.165) is 0 Å². The molecule has 17 heavy (non-hydrogen) atoms. The van der Waals surface area contributed by atoms with E-state index >= 15 is 0 Å². The zero-order chi connectivity index (χ0) is 11.7. The summed E-state index contributed by atoms with van der Waals surface area (Å²) >= 11 is 0. The Bertz CT molecular complexity index is 539. The van der Waals surface area contributed by atoms with E-state index in [-0.39, 0.29) is 28.2 Å². The first-order chi connectivity index (χ1) is 7.58. The molecule has 0 atom stereocenters. The summed E-state index contributed by atoms with van der Waals surface area (Å²) in [5.41, 5.74) is 0.127. The molecular formula is C12H6CuO4. The summed E-state index contributed by atoms with van der Waals surface area (Å²) in [7, 11) is 0. The number of hydrogen-bond acceptors (Lipinski definition) is 4. The van der Waals surface area contributed by atoms with Crippen LogP contribution in [0, 0.1) is 0 Å². The number of hydrogen-bond donors (Lipinski definition) is 0. The topological polar surface area (TPSA) is 80.3 Å². The van der Waals surface area contributed by atoms with Crippen LogP contribution in [0.25, 0.3) is 10.8 Å². The maximum absolute atomic E-state index is 10.6. The Hall–Kier alpha value is -1.84. The van der Waals surface area contributed by atoms with Crippen LogP contribution in [0.2, 0.25) is 0 Å². The second-order valence-electron chi connectivity index (χ2n) is 3.35. The van der Waals surface area contributed by atoms with Gasteiger partial charge in [0.2, 0.25) is 0 Å². The van der Waals surface area contributed by atoms with E-state index < -0.39 is 11.9 Å². The van der Waals surface area contributed by atoms with Crippen LogP contribution in [-0.4, -0.2) is 11.9 Å². The fourth-order valence-electron chi connectivity index (χ4n) is 1.50. The first kappa shape index (κ1) is 13.2. The summed E-state index contributed by atoms with van der Waals surface area (Å²) in [5, 5.41) is 22.5. The molecule has 5 heteroatoms. The van der Waals surface area contributed by atoms with E-state index in [1.54, 1.807) is 0 Å². The van der Waals surface area contributed by atoms with E-state index in [2.05, 4.69) is 0 Å². The number of benzene rings is 2. The molecule has 2 aromatic carbocycles. The van der Waals surface area contributed by atoms with Crippen molar-refractivity contribution >= 4 is 22.7 Å². The summed E-state index contributed by atoms with van der Waals surface area (Å²) in [6.07, 6.45) is 0. The minimum absolute atomic E-state index is 0. The zero-order valence-electron chi connectivity index (χ0n) is 8.40. The first-order valence-corrected chi connectivity index (χ1v) is 4.54. The summed E-state index contributed by atoms with van der Waals surface area (Å²) in [6.45, 7) is 0. The molecule has 89 valence electrons. The molecule has 4 nitrogen and oxygen atoms in total. The fraction of sp³-hybridized carbons (Fsp3) is 0. The van der Waals surface area contributed by atoms with E-state index in [1.807, 2.05) is 0 Å². The molecule has 0 spiro atoms. The smallest absolute Gasteiger partial charge is 0.545 e. The summed E-state index contributed by atoms with van der Waals surface area (Å²) < 4.78 is 0. The minimum atomic E-state index is -1.26. The standard InChI is InChI=1S/C12H8O4.Cu/c13-11(14)9-3-1-7-5-10(12(15)16)4-2-8(7)6-9;/h1-6H,(H,13,14)(H,15,16);/q;+2/p-2. The van der Waals surface area contributed by atoms with Crippen molar-refractivity contribution < 1.29 is 36.9 Å². The van der Waals surface area contributed by atoms with E-state index in [4.69, 9.17) is 0 Å². The number of rotatable bonds is 2. The van der Waals surface area contributed by atoms with E-state index in [1.165, 1.54) is 36.4 Å². The predicted molar refractivity (Wildman–Crippen MR) is 52.6 cm³/mol. The Balaban J connectivity index is 0.00000144. The number of carbonyl (C=O) groups is 2. The fourth-order valence-corrected chi connectivity index (χ4v) is 1.50. The van der Waals surface area contributed by atoms with Gasteiger partial charge in [-0.25, -0.2) is 0 Å². The molecule has 0 unspecified atom stereocenters. The number of carboxylic acid groups (broad SMARTS) is 2. The molecule has 0 aliphatic carbocycles. The summed E-state index contributed by atoms with van der Waals surface area (Å²) in [5.74, 6) is -2.52. The van der Waals surface area contributed by atoms with E-state index in [0.29, 0.717) is 10.8 Å². The third-order valence-corrected chi connectivity index (χ3v) is 2.31. The molecule has 0 aliphatic heterocycles. The van der Waals surface area contributed by atoms with Crippen molar-refractivity contribution in [1.82, 2.24) is 0 Å². The Labute approximate surface area is 107 Å². The first-order valence-electron chi connectivity index (χ1n) is 4.54. The van der Waals surface area contributed by atoms with Crippen molar-refractivity contribution in [3.05, 3.63) is 47.5 Å². The minimum Gasteiger partial charge on any atom is -0.545 e. The molecule has 1 radical (unpaired) electrons. The molecular weight excluding hydrogens is 272 g/mol. The molecule has 0 amide bonds. The van der Waals surface area contributed by atoms with Crippen LogP contribution in [0.15, 0.2) is 36.4 Å². The molecule has 0 fully saturated rings. The van der Waals surface area contributed by atoms with Crippen LogP contribution in [0.5, 0.6) is 0 Å². The second-order valence-corrected chi connectivity index (χ2v) is 3.35. The van der Waals surface area contributed by atoms with Gasteiger partial charge in [0.15, 0.2) is 0 Å². The molecule has 0 aliphatic rings. The van der Waals surface area contributed by atoms with Crippen molar-refractivity contribution in [2.45, 2.75) is 0 Å². The summed E-state index contributed by atoms with van der Waals surface area (Å²) in [4.78, 5) is 21.2. The monoisotopic (exact) mass is 277 g/mol. The van der Waals surface area contributed by atoms with Crippen LogP contribution in [0.3, 0.4) is 0 Å². The van der Waals surface area contributed by atoms with Gasteiger partial charge in [0.25, 0.3) is 0 Å². The van der Waals surface area contributed by atoms with Crippen molar-refractivity contribution in [2.24, 2.45) is 0 Å². The van der Waals surface area contributed by atoms with Gasteiger partial charge in [0.05, 0.1) is 11.9 Å². The van der Waals surface area contributed by atoms with Crippen molar-refractivity contribution in [1.29, 1.82) is 0 Å². The predicted octanol–water partition coefficient (Wildman–Crippen LogP) is -0.436. The number of carbonyl (C=O) groups excluding carboxylic acids is 2. The SMILES string of the molecule is O=C([O-])c1ccc2cc(C(=O)[O-])ccc2c1.[Cu+2]. The van der Waals surface area contributed by atoms with Crippen LogP contribution in [-0.2, 0) is 17.1 Å². The Morgan fingerprint density at radius 1 is 0.765 bits per heavy atom. The Morgan fingerprint density at radius 2 is 1.12 bits per heavy atom. The average molecular weight is 278 g/mol. The van der Waals surface area contributed by atoms with Gasteiger partial charge in [0, 0.05) is 0 Å². The third kappa shape index (κ3) is 2.64. The molecule has 0 bridgehead atoms. The maximum Gasteiger partial charge on any atom is 2.00 e. The molecule has 0 saturated heterocycles. The largest absolute Gasteiger partial charge is 2.00 e. The normalized spacial score (nSPS) is 9.65. The van der Waals surface area contributed by atoms with Crippen molar-refractivity contribution in [3.8, 4) is 0 Å². The molecule has 0 saturated carbocycles. The van der Waals surface area contributed by atoms with Crippen LogP contribution in [0.1, 0.15) is 20.7 Å². The van der Waals surface area contributed by atoms with Gasteiger partial charge in [-0.15, -0.1) is 0 Å². The molecule has 0 N–H and O–H groups in total. The quantitative estimate of drug-likeness (QED) is 0.697. The number of carboxylic acids is 2. The second kappa shape index (κ2) is 4.99. The molecule has 2 aromatic rings. The number of aromatic carboxylic acids is 2. The average Bonchev–Trinajstić information content (AvgIpc) is 2.27. The molecule has 2 rings (SSSR count). The Kier molecular flexibility index (Phi) is 3.88. The van der Waals surface area contributed by atoms with Gasteiger partial charge in [-0.2, -0.15) is 0 Å². The maximum atomic E-state index is 10.6. The molecule has 0 aromatic heterocycles. The van der Waals surface area contributed by atoms with Crippen LogP contribution < -0.4 is 10.2 Å².